The summed E-state index contributed by atoms with van der Waals surface area (Å²) in [6.07, 6.45) is -0.289. The van der Waals surface area contributed by atoms with Gasteiger partial charge in [-0.1, -0.05) is 12.1 Å². The van der Waals surface area contributed by atoms with Crippen LogP contribution in [-0.4, -0.2) is 37.6 Å². The summed E-state index contributed by atoms with van der Waals surface area (Å²) in [5.74, 6) is -1.24. The zero-order chi connectivity index (χ0) is 16.2. The summed E-state index contributed by atoms with van der Waals surface area (Å²) in [5.41, 5.74) is 0.361. The van der Waals surface area contributed by atoms with Gasteiger partial charge in [-0.25, -0.2) is 8.42 Å². The van der Waals surface area contributed by atoms with E-state index < -0.39 is 33.9 Å². The number of benzene rings is 1. The fraction of sp³-hybridized carbons (Fsp3) is 0.500. The summed E-state index contributed by atoms with van der Waals surface area (Å²) in [6, 6.07) is 5.51. The van der Waals surface area contributed by atoms with Gasteiger partial charge in [-0.2, -0.15) is 0 Å². The molecule has 0 bridgehead atoms. The Labute approximate surface area is 128 Å². The summed E-state index contributed by atoms with van der Waals surface area (Å²) >= 11 is 5.63. The Kier molecular flexibility index (Phi) is 6.31. The van der Waals surface area contributed by atoms with Crippen LogP contribution in [0, 0.1) is 5.92 Å². The van der Waals surface area contributed by atoms with Crippen LogP contribution in [0.5, 0.6) is 0 Å². The molecule has 7 heteroatoms. The van der Waals surface area contributed by atoms with E-state index in [4.69, 9.17) is 11.6 Å². The van der Waals surface area contributed by atoms with Gasteiger partial charge in [0.25, 0.3) is 0 Å². The molecular weight excluding hydrogens is 319 g/mol. The van der Waals surface area contributed by atoms with E-state index >= 15 is 0 Å². The molecule has 118 valence electrons. The van der Waals surface area contributed by atoms with E-state index in [9.17, 15) is 22.7 Å². The number of Topliss-reactive ketones (excluding diaryl/α,β-unsaturated/α-hetero) is 1. The van der Waals surface area contributed by atoms with Crippen LogP contribution >= 0.6 is 11.6 Å². The van der Waals surface area contributed by atoms with Crippen LogP contribution in [0.25, 0.3) is 0 Å². The molecule has 21 heavy (non-hydrogen) atoms. The van der Waals surface area contributed by atoms with Gasteiger partial charge in [-0.05, 0) is 24.6 Å². The number of hydrogen-bond donors (Lipinski definition) is 1. The van der Waals surface area contributed by atoms with Gasteiger partial charge in [0.2, 0.25) is 0 Å². The Morgan fingerprint density at radius 1 is 1.33 bits per heavy atom. The molecular formula is C14H18ClFO4S. The van der Waals surface area contributed by atoms with Gasteiger partial charge in [0, 0.05) is 18.6 Å². The van der Waals surface area contributed by atoms with Crippen LogP contribution in [0.15, 0.2) is 29.2 Å². The van der Waals surface area contributed by atoms with Crippen molar-refractivity contribution in [3.63, 3.8) is 0 Å². The summed E-state index contributed by atoms with van der Waals surface area (Å²) in [4.78, 5) is 11.7. The van der Waals surface area contributed by atoms with Crippen molar-refractivity contribution < 1.29 is 22.7 Å². The molecule has 0 aliphatic heterocycles. The normalized spacial score (nSPS) is 16.2. The Morgan fingerprint density at radius 2 is 1.86 bits per heavy atom. The fourth-order valence-electron chi connectivity index (χ4n) is 1.86. The Bertz CT molecular complexity index is 583. The molecule has 0 heterocycles. The number of sulfone groups is 1. The quantitative estimate of drug-likeness (QED) is 0.775. The number of rotatable bonds is 7. The first-order valence-corrected chi connectivity index (χ1v) is 8.70. The maximum atomic E-state index is 13.0. The number of carbonyl (C=O) groups excluding carboxylic acids is 1. The van der Waals surface area contributed by atoms with Gasteiger partial charge in [-0.3, -0.25) is 9.18 Å². The van der Waals surface area contributed by atoms with Crippen LogP contribution in [0.2, 0.25) is 0 Å². The van der Waals surface area contributed by atoms with Gasteiger partial charge < -0.3 is 5.11 Å². The highest BCUT2D eigenvalue weighted by Gasteiger charge is 2.25. The number of aliphatic hydroxyl groups excluding tert-OH is 1. The Hall–Kier alpha value is -0.980. The first-order valence-electron chi connectivity index (χ1n) is 6.37. The first-order chi connectivity index (χ1) is 9.66. The van der Waals surface area contributed by atoms with Crippen molar-refractivity contribution in [2.75, 3.05) is 12.9 Å². The summed E-state index contributed by atoms with van der Waals surface area (Å²) in [7, 11) is -3.33. The molecule has 0 amide bonds. The third kappa shape index (κ3) is 5.05. The maximum Gasteiger partial charge on any atom is 0.175 e. The van der Waals surface area contributed by atoms with E-state index in [1.54, 1.807) is 0 Å². The first kappa shape index (κ1) is 18.1. The van der Waals surface area contributed by atoms with Crippen molar-refractivity contribution >= 4 is 27.2 Å². The van der Waals surface area contributed by atoms with Gasteiger partial charge in [0.05, 0.1) is 23.1 Å². The second kappa shape index (κ2) is 7.33. The van der Waals surface area contributed by atoms with Crippen molar-refractivity contribution in [1.29, 1.82) is 0 Å². The zero-order valence-corrected chi connectivity index (χ0v) is 13.4. The predicted octanol–water partition coefficient (Wildman–Crippen LogP) is 2.30. The van der Waals surface area contributed by atoms with E-state index in [0.717, 1.165) is 6.26 Å². The molecule has 0 fully saturated rings. The maximum absolute atomic E-state index is 13.0. The Morgan fingerprint density at radius 3 is 2.24 bits per heavy atom. The predicted molar refractivity (Wildman–Crippen MR) is 78.9 cm³/mol. The van der Waals surface area contributed by atoms with Crippen molar-refractivity contribution in [1.82, 2.24) is 0 Å². The summed E-state index contributed by atoms with van der Waals surface area (Å²) in [6.45, 7) is 0.622. The molecule has 0 saturated heterocycles. The second-order valence-corrected chi connectivity index (χ2v) is 7.66. The van der Waals surface area contributed by atoms with Crippen LogP contribution in [0.1, 0.15) is 25.0 Å². The van der Waals surface area contributed by atoms with Crippen molar-refractivity contribution in [2.24, 2.45) is 5.92 Å². The van der Waals surface area contributed by atoms with Crippen molar-refractivity contribution in [2.45, 2.75) is 29.7 Å². The highest BCUT2D eigenvalue weighted by molar-refractivity contribution is 7.90. The molecule has 1 N–H and O–H groups in total. The molecule has 0 spiro atoms. The van der Waals surface area contributed by atoms with E-state index in [1.807, 2.05) is 0 Å². The standard InChI is InChI=1S/C14H18ClFO4S/c1-9(15)13(17)7-11(8-16)14(18)10-3-5-12(6-4-10)21(2,19)20/h3-6,9,11,14,18H,7-8H2,1-2H3/t9?,11-,14-/m1/s1. The summed E-state index contributed by atoms with van der Waals surface area (Å²) < 4.78 is 35.7. The van der Waals surface area contributed by atoms with Gasteiger partial charge in [0.15, 0.2) is 15.6 Å². The molecule has 1 aromatic carbocycles. The molecule has 1 aromatic rings. The molecule has 3 atom stereocenters. The van der Waals surface area contributed by atoms with E-state index in [2.05, 4.69) is 0 Å². The van der Waals surface area contributed by atoms with Gasteiger partial charge in [-0.15, -0.1) is 11.6 Å². The van der Waals surface area contributed by atoms with Crippen molar-refractivity contribution in [3.05, 3.63) is 29.8 Å². The molecule has 0 aliphatic rings. The molecule has 1 rings (SSSR count). The topological polar surface area (TPSA) is 71.4 Å². The monoisotopic (exact) mass is 336 g/mol. The van der Waals surface area contributed by atoms with Crippen LogP contribution in [0.3, 0.4) is 0 Å². The number of halogens is 2. The number of aliphatic hydroxyl groups is 1. The molecule has 0 aliphatic carbocycles. The minimum absolute atomic E-state index is 0.112. The van der Waals surface area contributed by atoms with Gasteiger partial charge in [0.1, 0.15) is 0 Å². The average Bonchev–Trinajstić information content (AvgIpc) is 2.42. The Balaban J connectivity index is 2.90. The second-order valence-electron chi connectivity index (χ2n) is 4.99. The number of alkyl halides is 2. The lowest BCUT2D eigenvalue weighted by Crippen LogP contribution is -2.22. The van der Waals surface area contributed by atoms with Gasteiger partial charge >= 0.3 is 0 Å². The molecule has 1 unspecified atom stereocenters. The summed E-state index contributed by atoms with van der Waals surface area (Å²) in [5, 5.41) is 9.38. The minimum atomic E-state index is -3.33. The van der Waals surface area contributed by atoms with Crippen LogP contribution in [0.4, 0.5) is 4.39 Å². The van der Waals surface area contributed by atoms with E-state index in [1.165, 1.54) is 31.2 Å². The smallest absolute Gasteiger partial charge is 0.175 e. The third-order valence-electron chi connectivity index (χ3n) is 3.20. The zero-order valence-electron chi connectivity index (χ0n) is 11.8. The highest BCUT2D eigenvalue weighted by atomic mass is 35.5. The number of ketones is 1. The minimum Gasteiger partial charge on any atom is -0.388 e. The van der Waals surface area contributed by atoms with Crippen LogP contribution < -0.4 is 0 Å². The fourth-order valence-corrected chi connectivity index (χ4v) is 2.58. The highest BCUT2D eigenvalue weighted by Crippen LogP contribution is 2.27. The van der Waals surface area contributed by atoms with E-state index in [-0.39, 0.29) is 17.1 Å². The average molecular weight is 337 g/mol. The van der Waals surface area contributed by atoms with Crippen molar-refractivity contribution in [3.8, 4) is 0 Å². The lowest BCUT2D eigenvalue weighted by atomic mass is 9.91. The number of carbonyl (C=O) groups is 1. The molecule has 4 nitrogen and oxygen atoms in total. The third-order valence-corrected chi connectivity index (χ3v) is 4.57. The largest absolute Gasteiger partial charge is 0.388 e. The lowest BCUT2D eigenvalue weighted by Gasteiger charge is -2.20. The SMILES string of the molecule is CC(Cl)C(=O)C[C@H](CF)[C@H](O)c1ccc(S(C)(=O)=O)cc1. The van der Waals surface area contributed by atoms with Crippen LogP contribution in [-0.2, 0) is 14.6 Å². The molecule has 0 aromatic heterocycles. The molecule has 0 radical (unpaired) electrons. The number of hydrogen-bond acceptors (Lipinski definition) is 4. The molecule has 0 saturated carbocycles. The lowest BCUT2D eigenvalue weighted by molar-refractivity contribution is -0.120. The van der Waals surface area contributed by atoms with E-state index in [0.29, 0.717) is 5.56 Å².